The zero-order valence-corrected chi connectivity index (χ0v) is 21.9. The van der Waals surface area contributed by atoms with Crippen LogP contribution in [0.5, 0.6) is 5.75 Å². The highest BCUT2D eigenvalue weighted by Crippen LogP contribution is 2.31. The second-order valence-electron chi connectivity index (χ2n) is 8.93. The molecule has 3 aromatic heterocycles. The van der Waals surface area contributed by atoms with Crippen LogP contribution in [0.4, 0.5) is 5.13 Å². The molecule has 0 saturated carbocycles. The van der Waals surface area contributed by atoms with E-state index in [9.17, 15) is 14.4 Å². The van der Waals surface area contributed by atoms with Crippen molar-refractivity contribution in [3.8, 4) is 5.75 Å². The van der Waals surface area contributed by atoms with Gasteiger partial charge in [-0.15, -0.1) is 0 Å². The molecule has 1 fully saturated rings. The molecule has 1 aliphatic heterocycles. The Morgan fingerprint density at radius 2 is 1.97 bits per heavy atom. The van der Waals surface area contributed by atoms with Crippen molar-refractivity contribution in [1.82, 2.24) is 28.6 Å². The zero-order chi connectivity index (χ0) is 26.1. The number of carbonyl (C=O) groups excluding carboxylic acids is 1. The number of ether oxygens (including phenoxy) is 2. The summed E-state index contributed by atoms with van der Waals surface area (Å²) >= 11 is 1.43. The van der Waals surface area contributed by atoms with Gasteiger partial charge < -0.3 is 14.0 Å². The van der Waals surface area contributed by atoms with Gasteiger partial charge >= 0.3 is 5.69 Å². The molecular weight excluding hydrogens is 498 g/mol. The normalized spacial score (nSPS) is 14.5. The third-order valence-electron chi connectivity index (χ3n) is 6.60. The maximum atomic E-state index is 13.7. The van der Waals surface area contributed by atoms with Crippen LogP contribution in [0, 0.1) is 0 Å². The van der Waals surface area contributed by atoms with E-state index in [1.54, 1.807) is 19.1 Å². The number of thiazole rings is 1. The molecule has 0 bridgehead atoms. The first-order valence-corrected chi connectivity index (χ1v) is 12.8. The molecule has 37 heavy (non-hydrogen) atoms. The molecule has 1 saturated heterocycles. The third-order valence-corrected chi connectivity index (χ3v) is 7.66. The SMILES string of the molecule is COc1ccc2sc(N(CCCN3CCOCC3)C(=O)Cn3cnc4c3c(=O)n(C)c(=O)n4C)nc2c1. The summed E-state index contributed by atoms with van der Waals surface area (Å²) < 4.78 is 15.5. The maximum Gasteiger partial charge on any atom is 0.332 e. The number of imidazole rings is 1. The van der Waals surface area contributed by atoms with Gasteiger partial charge in [0.05, 0.1) is 36.9 Å². The number of fused-ring (bicyclic) bond motifs is 2. The number of hydrogen-bond donors (Lipinski definition) is 0. The summed E-state index contributed by atoms with van der Waals surface area (Å²) in [4.78, 5) is 51.8. The summed E-state index contributed by atoms with van der Waals surface area (Å²) in [6, 6.07) is 5.64. The Morgan fingerprint density at radius 3 is 2.73 bits per heavy atom. The smallest absolute Gasteiger partial charge is 0.332 e. The minimum atomic E-state index is -0.491. The van der Waals surface area contributed by atoms with E-state index in [4.69, 9.17) is 14.5 Å². The highest BCUT2D eigenvalue weighted by Gasteiger charge is 2.23. The van der Waals surface area contributed by atoms with E-state index in [0.29, 0.717) is 30.6 Å². The van der Waals surface area contributed by atoms with Crippen LogP contribution in [-0.2, 0) is 30.2 Å². The van der Waals surface area contributed by atoms with E-state index < -0.39 is 11.2 Å². The number of nitrogens with zero attached hydrogens (tertiary/aromatic N) is 7. The summed E-state index contributed by atoms with van der Waals surface area (Å²) in [7, 11) is 4.57. The molecule has 4 aromatic rings. The van der Waals surface area contributed by atoms with Crippen LogP contribution in [-0.4, -0.2) is 81.0 Å². The summed E-state index contributed by atoms with van der Waals surface area (Å²) in [5.74, 6) is 0.476. The fourth-order valence-electron chi connectivity index (χ4n) is 4.49. The number of amides is 1. The topological polar surface area (TPSA) is 117 Å². The number of methoxy groups -OCH3 is 1. The van der Waals surface area contributed by atoms with Gasteiger partial charge in [0, 0.05) is 46.3 Å². The number of aryl methyl sites for hydroxylation is 1. The van der Waals surface area contributed by atoms with Crippen LogP contribution in [0.3, 0.4) is 0 Å². The largest absolute Gasteiger partial charge is 0.497 e. The van der Waals surface area contributed by atoms with Crippen molar-refractivity contribution in [2.24, 2.45) is 14.1 Å². The molecule has 1 aliphatic rings. The summed E-state index contributed by atoms with van der Waals surface area (Å²) in [5.41, 5.74) is 0.243. The van der Waals surface area contributed by atoms with E-state index in [1.165, 1.54) is 33.8 Å². The van der Waals surface area contributed by atoms with Crippen molar-refractivity contribution in [1.29, 1.82) is 0 Å². The third kappa shape index (κ3) is 4.89. The Kier molecular flexibility index (Phi) is 7.09. The van der Waals surface area contributed by atoms with Gasteiger partial charge in [0.2, 0.25) is 5.91 Å². The van der Waals surface area contributed by atoms with Crippen LogP contribution in [0.15, 0.2) is 34.1 Å². The molecule has 5 rings (SSSR count). The first-order valence-electron chi connectivity index (χ1n) is 12.0. The Hall–Kier alpha value is -3.55. The number of benzene rings is 1. The molecule has 0 N–H and O–H groups in total. The average Bonchev–Trinajstić information content (AvgIpc) is 3.53. The Labute approximate surface area is 216 Å². The van der Waals surface area contributed by atoms with Crippen LogP contribution in [0.2, 0.25) is 0 Å². The molecule has 12 nitrogen and oxygen atoms in total. The van der Waals surface area contributed by atoms with Crippen molar-refractivity contribution < 1.29 is 14.3 Å². The number of carbonyl (C=O) groups is 1. The number of morpholine rings is 1. The highest BCUT2D eigenvalue weighted by atomic mass is 32.1. The van der Waals surface area contributed by atoms with Gasteiger partial charge in [-0.25, -0.2) is 14.8 Å². The Bertz CT molecular complexity index is 1560. The van der Waals surface area contributed by atoms with Gasteiger partial charge in [-0.2, -0.15) is 0 Å². The van der Waals surface area contributed by atoms with E-state index >= 15 is 0 Å². The minimum Gasteiger partial charge on any atom is -0.497 e. The van der Waals surface area contributed by atoms with E-state index in [0.717, 1.165) is 40.8 Å². The van der Waals surface area contributed by atoms with Crippen LogP contribution in [0.1, 0.15) is 6.42 Å². The van der Waals surface area contributed by atoms with Gasteiger partial charge in [-0.05, 0) is 18.6 Å². The van der Waals surface area contributed by atoms with Crippen molar-refractivity contribution in [3.05, 3.63) is 45.4 Å². The molecule has 0 radical (unpaired) electrons. The molecule has 0 unspecified atom stereocenters. The molecule has 0 aliphatic carbocycles. The van der Waals surface area contributed by atoms with Crippen molar-refractivity contribution in [2.45, 2.75) is 13.0 Å². The van der Waals surface area contributed by atoms with Crippen molar-refractivity contribution >= 4 is 43.8 Å². The number of hydrogen-bond acceptors (Lipinski definition) is 9. The molecule has 1 amide bonds. The van der Waals surface area contributed by atoms with Gasteiger partial charge in [0.15, 0.2) is 16.3 Å². The van der Waals surface area contributed by atoms with Gasteiger partial charge in [-0.1, -0.05) is 11.3 Å². The van der Waals surface area contributed by atoms with Crippen molar-refractivity contribution in [2.75, 3.05) is 51.4 Å². The Balaban J connectivity index is 1.45. The van der Waals surface area contributed by atoms with Crippen LogP contribution in [0.25, 0.3) is 21.4 Å². The Morgan fingerprint density at radius 1 is 1.19 bits per heavy atom. The predicted molar refractivity (Wildman–Crippen MR) is 141 cm³/mol. The predicted octanol–water partition coefficient (Wildman–Crippen LogP) is 0.808. The van der Waals surface area contributed by atoms with Crippen LogP contribution >= 0.6 is 11.3 Å². The fraction of sp³-hybridized carbons (Fsp3) is 0.458. The molecule has 0 spiro atoms. The second kappa shape index (κ2) is 10.4. The quantitative estimate of drug-likeness (QED) is 0.331. The zero-order valence-electron chi connectivity index (χ0n) is 21.0. The highest BCUT2D eigenvalue weighted by molar-refractivity contribution is 7.22. The van der Waals surface area contributed by atoms with E-state index in [-0.39, 0.29) is 23.6 Å². The standard InChI is InChI=1S/C24H29N7O5S/c1-27-21-20(22(33)28(2)24(27)34)30(15-25-21)14-19(32)31(8-4-7-29-9-11-36-12-10-29)23-26-17-13-16(35-3)5-6-18(17)37-23/h5-6,13,15H,4,7-12,14H2,1-3H3. The van der Waals surface area contributed by atoms with Gasteiger partial charge in [0.1, 0.15) is 12.3 Å². The lowest BCUT2D eigenvalue weighted by Gasteiger charge is -2.27. The average molecular weight is 528 g/mol. The number of aromatic nitrogens is 5. The van der Waals surface area contributed by atoms with Crippen molar-refractivity contribution in [3.63, 3.8) is 0 Å². The molecule has 0 atom stereocenters. The van der Waals surface area contributed by atoms with E-state index in [2.05, 4.69) is 9.88 Å². The summed E-state index contributed by atoms with van der Waals surface area (Å²) in [5, 5.41) is 0.583. The minimum absolute atomic E-state index is 0.110. The fourth-order valence-corrected chi connectivity index (χ4v) is 5.48. The first kappa shape index (κ1) is 25.1. The molecule has 1 aromatic carbocycles. The van der Waals surface area contributed by atoms with Crippen LogP contribution < -0.4 is 20.9 Å². The van der Waals surface area contributed by atoms with Gasteiger partial charge in [0.25, 0.3) is 5.56 Å². The number of rotatable bonds is 8. The molecular formula is C24H29N7O5S. The summed E-state index contributed by atoms with van der Waals surface area (Å²) in [6.45, 7) is 4.37. The maximum absolute atomic E-state index is 13.7. The molecule has 196 valence electrons. The monoisotopic (exact) mass is 527 g/mol. The lowest BCUT2D eigenvalue weighted by molar-refractivity contribution is -0.119. The second-order valence-corrected chi connectivity index (χ2v) is 9.94. The molecule has 4 heterocycles. The first-order chi connectivity index (χ1) is 17.9. The summed E-state index contributed by atoms with van der Waals surface area (Å²) in [6.07, 6.45) is 2.18. The number of anilines is 1. The lowest BCUT2D eigenvalue weighted by Crippen LogP contribution is -2.40. The van der Waals surface area contributed by atoms with E-state index in [1.807, 2.05) is 18.2 Å². The van der Waals surface area contributed by atoms with Gasteiger partial charge in [-0.3, -0.25) is 28.5 Å². The lowest BCUT2D eigenvalue weighted by atomic mass is 10.3. The molecule has 13 heteroatoms.